The third-order valence-corrected chi connectivity index (χ3v) is 4.17. The molecule has 0 bridgehead atoms. The fourth-order valence-corrected chi connectivity index (χ4v) is 2.97. The molecule has 0 radical (unpaired) electrons. The predicted molar refractivity (Wildman–Crippen MR) is 75.3 cm³/mol. The lowest BCUT2D eigenvalue weighted by Gasteiger charge is -2.34. The quantitative estimate of drug-likeness (QED) is 0.883. The van der Waals surface area contributed by atoms with Crippen molar-refractivity contribution >= 4 is 0 Å². The lowest BCUT2D eigenvalue weighted by molar-refractivity contribution is 0.157. The number of hydrogen-bond acceptors (Lipinski definition) is 2. The van der Waals surface area contributed by atoms with Gasteiger partial charge in [-0.2, -0.15) is 0 Å². The predicted octanol–water partition coefficient (Wildman–Crippen LogP) is 3.19. The first-order valence-corrected chi connectivity index (χ1v) is 7.08. The highest BCUT2D eigenvalue weighted by Gasteiger charge is 2.22. The summed E-state index contributed by atoms with van der Waals surface area (Å²) < 4.78 is 0. The van der Waals surface area contributed by atoms with Crippen LogP contribution in [0.3, 0.4) is 0 Å². The summed E-state index contributed by atoms with van der Waals surface area (Å²) in [5, 5.41) is 9.03. The van der Waals surface area contributed by atoms with E-state index in [0.717, 1.165) is 24.1 Å². The van der Waals surface area contributed by atoms with Crippen LogP contribution < -0.4 is 0 Å². The van der Waals surface area contributed by atoms with Crippen molar-refractivity contribution in [3.63, 3.8) is 0 Å². The van der Waals surface area contributed by atoms with Crippen LogP contribution in [0.4, 0.5) is 0 Å². The van der Waals surface area contributed by atoms with Gasteiger partial charge in [-0.15, -0.1) is 0 Å². The van der Waals surface area contributed by atoms with Crippen LogP contribution in [0.25, 0.3) is 0 Å². The summed E-state index contributed by atoms with van der Waals surface area (Å²) >= 11 is 0. The van der Waals surface area contributed by atoms with Crippen LogP contribution in [0.2, 0.25) is 0 Å². The highest BCUT2D eigenvalue weighted by atomic mass is 16.3. The maximum absolute atomic E-state index is 9.03. The molecular weight excluding hydrogens is 222 g/mol. The van der Waals surface area contributed by atoms with Crippen molar-refractivity contribution in [3.05, 3.63) is 35.4 Å². The normalized spacial score (nSPS) is 24.4. The van der Waals surface area contributed by atoms with E-state index in [1.807, 2.05) is 12.1 Å². The van der Waals surface area contributed by atoms with E-state index in [1.165, 1.54) is 31.2 Å². The van der Waals surface area contributed by atoms with Gasteiger partial charge < -0.3 is 5.11 Å². The van der Waals surface area contributed by atoms with Gasteiger partial charge in [0.15, 0.2) is 0 Å². The SMILES string of the molecule is CC1CCCC(N(C)Cc2ccc(CO)cc2)C1. The number of nitrogens with zero attached hydrogens (tertiary/aromatic N) is 1. The van der Waals surface area contributed by atoms with Gasteiger partial charge in [-0.3, -0.25) is 4.90 Å². The van der Waals surface area contributed by atoms with Crippen LogP contribution >= 0.6 is 0 Å². The standard InChI is InChI=1S/C16H25NO/c1-13-4-3-5-16(10-13)17(2)11-14-6-8-15(12-18)9-7-14/h6-9,13,16,18H,3-5,10-12H2,1-2H3. The second-order valence-corrected chi connectivity index (χ2v) is 5.82. The van der Waals surface area contributed by atoms with Crippen molar-refractivity contribution in [2.75, 3.05) is 7.05 Å². The molecule has 2 nitrogen and oxygen atoms in total. The first kappa shape index (κ1) is 13.6. The van der Waals surface area contributed by atoms with Crippen LogP contribution in [0.5, 0.6) is 0 Å². The third kappa shape index (κ3) is 3.56. The molecule has 1 aliphatic carbocycles. The first-order chi connectivity index (χ1) is 8.69. The highest BCUT2D eigenvalue weighted by molar-refractivity contribution is 5.21. The van der Waals surface area contributed by atoms with Crippen molar-refractivity contribution in [1.82, 2.24) is 4.90 Å². The van der Waals surface area contributed by atoms with Gasteiger partial charge in [0.1, 0.15) is 0 Å². The maximum Gasteiger partial charge on any atom is 0.0681 e. The van der Waals surface area contributed by atoms with Gasteiger partial charge in [-0.25, -0.2) is 0 Å². The Balaban J connectivity index is 1.91. The van der Waals surface area contributed by atoms with Gasteiger partial charge in [-0.05, 0) is 36.9 Å². The van der Waals surface area contributed by atoms with Crippen molar-refractivity contribution in [2.24, 2.45) is 5.92 Å². The molecule has 0 heterocycles. The van der Waals surface area contributed by atoms with E-state index >= 15 is 0 Å². The van der Waals surface area contributed by atoms with Crippen molar-refractivity contribution in [2.45, 2.75) is 51.8 Å². The molecule has 0 aromatic heterocycles. The molecule has 2 heteroatoms. The monoisotopic (exact) mass is 247 g/mol. The van der Waals surface area contributed by atoms with E-state index in [4.69, 9.17) is 5.11 Å². The minimum atomic E-state index is 0.135. The average molecular weight is 247 g/mol. The van der Waals surface area contributed by atoms with E-state index in [9.17, 15) is 0 Å². The third-order valence-electron chi connectivity index (χ3n) is 4.17. The van der Waals surface area contributed by atoms with E-state index in [0.29, 0.717) is 0 Å². The number of aliphatic hydroxyl groups excluding tert-OH is 1. The maximum atomic E-state index is 9.03. The number of benzene rings is 1. The molecule has 0 aliphatic heterocycles. The molecule has 1 N–H and O–H groups in total. The molecule has 0 amide bonds. The Morgan fingerprint density at radius 3 is 2.44 bits per heavy atom. The Hall–Kier alpha value is -0.860. The van der Waals surface area contributed by atoms with Crippen LogP contribution in [0.1, 0.15) is 43.7 Å². The van der Waals surface area contributed by atoms with E-state index in [1.54, 1.807) is 0 Å². The molecule has 2 unspecified atom stereocenters. The second-order valence-electron chi connectivity index (χ2n) is 5.82. The lowest BCUT2D eigenvalue weighted by atomic mass is 9.86. The molecule has 0 spiro atoms. The molecule has 18 heavy (non-hydrogen) atoms. The van der Waals surface area contributed by atoms with Gasteiger partial charge in [0.2, 0.25) is 0 Å². The smallest absolute Gasteiger partial charge is 0.0681 e. The van der Waals surface area contributed by atoms with Crippen LogP contribution in [0, 0.1) is 5.92 Å². The Morgan fingerprint density at radius 2 is 1.83 bits per heavy atom. The number of rotatable bonds is 4. The van der Waals surface area contributed by atoms with Gasteiger partial charge in [0.05, 0.1) is 6.61 Å². The van der Waals surface area contributed by atoms with Crippen LogP contribution in [0.15, 0.2) is 24.3 Å². The second kappa shape index (κ2) is 6.35. The largest absolute Gasteiger partial charge is 0.392 e. The number of hydrogen-bond donors (Lipinski definition) is 1. The highest BCUT2D eigenvalue weighted by Crippen LogP contribution is 2.27. The molecule has 0 saturated heterocycles. The molecule has 1 aromatic rings. The lowest BCUT2D eigenvalue weighted by Crippen LogP contribution is -2.35. The molecule has 2 rings (SSSR count). The van der Waals surface area contributed by atoms with Gasteiger partial charge >= 0.3 is 0 Å². The molecule has 1 fully saturated rings. The summed E-state index contributed by atoms with van der Waals surface area (Å²) in [7, 11) is 2.24. The summed E-state index contributed by atoms with van der Waals surface area (Å²) in [4.78, 5) is 2.49. The summed E-state index contributed by atoms with van der Waals surface area (Å²) in [6.45, 7) is 3.52. The Morgan fingerprint density at radius 1 is 1.17 bits per heavy atom. The minimum Gasteiger partial charge on any atom is -0.392 e. The Labute approximate surface area is 111 Å². The molecule has 100 valence electrons. The fourth-order valence-electron chi connectivity index (χ4n) is 2.97. The fraction of sp³-hybridized carbons (Fsp3) is 0.625. The molecule has 1 saturated carbocycles. The van der Waals surface area contributed by atoms with Gasteiger partial charge in [-0.1, -0.05) is 44.0 Å². The zero-order chi connectivity index (χ0) is 13.0. The molecule has 1 aliphatic rings. The summed E-state index contributed by atoms with van der Waals surface area (Å²) in [6, 6.07) is 9.05. The van der Waals surface area contributed by atoms with Crippen LogP contribution in [-0.4, -0.2) is 23.1 Å². The van der Waals surface area contributed by atoms with E-state index in [2.05, 4.69) is 31.0 Å². The van der Waals surface area contributed by atoms with Crippen molar-refractivity contribution in [1.29, 1.82) is 0 Å². The van der Waals surface area contributed by atoms with Gasteiger partial charge in [0, 0.05) is 12.6 Å². The summed E-state index contributed by atoms with van der Waals surface area (Å²) in [5.41, 5.74) is 2.33. The zero-order valence-corrected chi connectivity index (χ0v) is 11.6. The van der Waals surface area contributed by atoms with Crippen molar-refractivity contribution < 1.29 is 5.11 Å². The Bertz CT molecular complexity index is 360. The average Bonchev–Trinajstić information content (AvgIpc) is 2.39. The molecule has 1 aromatic carbocycles. The van der Waals surface area contributed by atoms with Gasteiger partial charge in [0.25, 0.3) is 0 Å². The first-order valence-electron chi connectivity index (χ1n) is 7.08. The summed E-state index contributed by atoms with van der Waals surface area (Å²) in [5.74, 6) is 0.878. The molecular formula is C16H25NO. The topological polar surface area (TPSA) is 23.5 Å². The number of aliphatic hydroxyl groups is 1. The Kier molecular flexibility index (Phi) is 4.79. The summed E-state index contributed by atoms with van der Waals surface area (Å²) in [6.07, 6.45) is 5.45. The minimum absolute atomic E-state index is 0.135. The molecule has 2 atom stereocenters. The zero-order valence-electron chi connectivity index (χ0n) is 11.6. The van der Waals surface area contributed by atoms with Crippen LogP contribution in [-0.2, 0) is 13.2 Å². The van der Waals surface area contributed by atoms with E-state index in [-0.39, 0.29) is 6.61 Å². The van der Waals surface area contributed by atoms with Crippen molar-refractivity contribution in [3.8, 4) is 0 Å². The van der Waals surface area contributed by atoms with E-state index < -0.39 is 0 Å².